The van der Waals surface area contributed by atoms with Gasteiger partial charge >= 0.3 is 5.97 Å². The van der Waals surface area contributed by atoms with Gasteiger partial charge in [0.2, 0.25) is 0 Å². The van der Waals surface area contributed by atoms with Crippen molar-refractivity contribution in [2.45, 2.75) is 5.92 Å². The summed E-state index contributed by atoms with van der Waals surface area (Å²) in [5.74, 6) is -1.36. The molecule has 2 aromatic carbocycles. The van der Waals surface area contributed by atoms with Crippen molar-refractivity contribution in [1.82, 2.24) is 4.90 Å². The minimum atomic E-state index is -1.11. The summed E-state index contributed by atoms with van der Waals surface area (Å²) >= 11 is 0. The zero-order chi connectivity index (χ0) is 16.2. The summed E-state index contributed by atoms with van der Waals surface area (Å²) in [5.41, 5.74) is 1.31. The van der Waals surface area contributed by atoms with Crippen LogP contribution in [0.3, 0.4) is 0 Å². The van der Waals surface area contributed by atoms with Gasteiger partial charge < -0.3 is 5.11 Å². The highest BCUT2D eigenvalue weighted by molar-refractivity contribution is 6.05. The van der Waals surface area contributed by atoms with Gasteiger partial charge in [0.25, 0.3) is 5.91 Å². The predicted octanol–water partition coefficient (Wildman–Crippen LogP) is 3.65. The molecular formula is C19H15NO3. The topological polar surface area (TPSA) is 57.6 Å². The molecule has 114 valence electrons. The Morgan fingerprint density at radius 1 is 0.826 bits per heavy atom. The first kappa shape index (κ1) is 14.8. The summed E-state index contributed by atoms with van der Waals surface area (Å²) < 4.78 is 0. The number of hydrogen-bond acceptors (Lipinski definition) is 2. The fourth-order valence-electron chi connectivity index (χ4n) is 2.51. The average Bonchev–Trinajstić information content (AvgIpc) is 2.62. The van der Waals surface area contributed by atoms with E-state index >= 15 is 0 Å². The molecule has 1 aliphatic rings. The van der Waals surface area contributed by atoms with Crippen molar-refractivity contribution in [1.29, 1.82) is 0 Å². The molecular weight excluding hydrogens is 290 g/mol. The second-order valence-corrected chi connectivity index (χ2v) is 5.18. The van der Waals surface area contributed by atoms with E-state index in [1.165, 1.54) is 17.0 Å². The highest BCUT2D eigenvalue weighted by Gasteiger charge is 2.20. The molecule has 0 spiro atoms. The molecule has 0 saturated carbocycles. The van der Waals surface area contributed by atoms with Crippen LogP contribution in [0.1, 0.15) is 32.2 Å². The van der Waals surface area contributed by atoms with Crippen LogP contribution in [-0.4, -0.2) is 21.9 Å². The lowest BCUT2D eigenvalue weighted by atomic mass is 9.97. The third-order valence-corrected chi connectivity index (χ3v) is 3.71. The predicted molar refractivity (Wildman–Crippen MR) is 87.0 cm³/mol. The normalized spacial score (nSPS) is 14.0. The third kappa shape index (κ3) is 3.06. The summed E-state index contributed by atoms with van der Waals surface area (Å²) in [6.07, 6.45) is 7.19. The Balaban J connectivity index is 1.82. The first-order valence-electron chi connectivity index (χ1n) is 7.23. The van der Waals surface area contributed by atoms with Crippen LogP contribution in [0.25, 0.3) is 0 Å². The van der Waals surface area contributed by atoms with Crippen molar-refractivity contribution < 1.29 is 14.7 Å². The molecule has 2 aromatic rings. The molecule has 0 aliphatic carbocycles. The molecule has 0 radical (unpaired) electrons. The molecule has 0 fully saturated rings. The van der Waals surface area contributed by atoms with Crippen molar-refractivity contribution in [2.24, 2.45) is 0 Å². The summed E-state index contributed by atoms with van der Waals surface area (Å²) in [5, 5.41) is 9.20. The summed E-state index contributed by atoms with van der Waals surface area (Å²) in [6, 6.07) is 16.2. The summed E-state index contributed by atoms with van der Waals surface area (Å²) in [7, 11) is 0. The zero-order valence-electron chi connectivity index (χ0n) is 12.3. The van der Waals surface area contributed by atoms with Gasteiger partial charge in [-0.1, -0.05) is 54.6 Å². The molecule has 4 heteroatoms. The van der Waals surface area contributed by atoms with E-state index in [1.54, 1.807) is 24.5 Å². The van der Waals surface area contributed by atoms with E-state index in [4.69, 9.17) is 0 Å². The highest BCUT2D eigenvalue weighted by atomic mass is 16.4. The summed E-state index contributed by atoms with van der Waals surface area (Å²) in [4.78, 5) is 25.2. The Bertz CT molecular complexity index is 779. The Kier molecular flexibility index (Phi) is 4.06. The Labute approximate surface area is 134 Å². The molecule has 0 unspecified atom stereocenters. The number of amides is 1. The van der Waals surface area contributed by atoms with E-state index in [1.807, 2.05) is 42.5 Å². The SMILES string of the molecule is O=C(O)c1ccccc1C(=O)N1C=CC(c2ccccc2)C=C1. The third-order valence-electron chi connectivity index (χ3n) is 3.71. The van der Waals surface area contributed by atoms with Crippen molar-refractivity contribution in [3.05, 3.63) is 95.8 Å². The molecule has 23 heavy (non-hydrogen) atoms. The number of carbonyl (C=O) groups is 2. The number of allylic oxidation sites excluding steroid dienone is 2. The number of aromatic carboxylic acids is 1. The van der Waals surface area contributed by atoms with Gasteiger partial charge in [-0.3, -0.25) is 9.69 Å². The standard InChI is InChI=1S/C19H15NO3/c21-18(16-8-4-5-9-17(16)19(22)23)20-12-10-15(11-13-20)14-6-2-1-3-7-14/h1-13,15H,(H,22,23). The first-order chi connectivity index (χ1) is 11.2. The molecule has 0 bridgehead atoms. The van der Waals surface area contributed by atoms with E-state index < -0.39 is 5.97 Å². The molecule has 4 nitrogen and oxygen atoms in total. The molecule has 0 aromatic heterocycles. The van der Waals surface area contributed by atoms with Crippen molar-refractivity contribution >= 4 is 11.9 Å². The van der Waals surface area contributed by atoms with Crippen LogP contribution >= 0.6 is 0 Å². The largest absolute Gasteiger partial charge is 0.478 e. The maximum Gasteiger partial charge on any atom is 0.336 e. The molecule has 0 atom stereocenters. The van der Waals surface area contributed by atoms with Gasteiger partial charge in [-0.15, -0.1) is 0 Å². The second kappa shape index (κ2) is 6.32. The zero-order valence-corrected chi connectivity index (χ0v) is 12.3. The minimum Gasteiger partial charge on any atom is -0.478 e. The quantitative estimate of drug-likeness (QED) is 0.941. The number of carboxylic acid groups (broad SMARTS) is 1. The lowest BCUT2D eigenvalue weighted by molar-refractivity contribution is 0.0687. The number of nitrogens with zero attached hydrogens (tertiary/aromatic N) is 1. The highest BCUT2D eigenvalue weighted by Crippen LogP contribution is 2.23. The van der Waals surface area contributed by atoms with Gasteiger partial charge in [0.15, 0.2) is 0 Å². The Morgan fingerprint density at radius 3 is 2.00 bits per heavy atom. The Hall–Kier alpha value is -3.14. The van der Waals surface area contributed by atoms with E-state index in [9.17, 15) is 14.7 Å². The second-order valence-electron chi connectivity index (χ2n) is 5.18. The van der Waals surface area contributed by atoms with Gasteiger partial charge in [0.05, 0.1) is 11.1 Å². The van der Waals surface area contributed by atoms with Gasteiger partial charge in [-0.2, -0.15) is 0 Å². The van der Waals surface area contributed by atoms with Crippen LogP contribution in [-0.2, 0) is 0 Å². The molecule has 1 amide bonds. The van der Waals surface area contributed by atoms with Crippen molar-refractivity contribution in [3.8, 4) is 0 Å². The van der Waals surface area contributed by atoms with Crippen molar-refractivity contribution in [3.63, 3.8) is 0 Å². The molecule has 1 heterocycles. The van der Waals surface area contributed by atoms with Crippen LogP contribution in [0.15, 0.2) is 79.1 Å². The fraction of sp³-hybridized carbons (Fsp3) is 0.0526. The van der Waals surface area contributed by atoms with Crippen LogP contribution in [0, 0.1) is 0 Å². The van der Waals surface area contributed by atoms with Gasteiger partial charge in [0, 0.05) is 18.3 Å². The van der Waals surface area contributed by atoms with E-state index in [0.29, 0.717) is 0 Å². The van der Waals surface area contributed by atoms with Crippen LogP contribution in [0.2, 0.25) is 0 Å². The molecule has 0 saturated heterocycles. The van der Waals surface area contributed by atoms with Gasteiger partial charge in [0.1, 0.15) is 0 Å². The number of carboxylic acids is 1. The summed E-state index contributed by atoms with van der Waals surface area (Å²) in [6.45, 7) is 0. The van der Waals surface area contributed by atoms with Gasteiger partial charge in [-0.25, -0.2) is 4.79 Å². The van der Waals surface area contributed by atoms with Gasteiger partial charge in [-0.05, 0) is 17.7 Å². The number of benzene rings is 2. The fourth-order valence-corrected chi connectivity index (χ4v) is 2.51. The monoisotopic (exact) mass is 305 g/mol. The molecule has 1 N–H and O–H groups in total. The lowest BCUT2D eigenvalue weighted by Gasteiger charge is -2.21. The first-order valence-corrected chi connectivity index (χ1v) is 7.23. The van der Waals surface area contributed by atoms with E-state index in [2.05, 4.69) is 0 Å². The maximum atomic E-state index is 12.5. The minimum absolute atomic E-state index is 0.00415. The molecule has 1 aliphatic heterocycles. The van der Waals surface area contributed by atoms with E-state index in [-0.39, 0.29) is 23.0 Å². The number of carbonyl (C=O) groups excluding carboxylic acids is 1. The van der Waals surface area contributed by atoms with E-state index in [0.717, 1.165) is 5.56 Å². The van der Waals surface area contributed by atoms with Crippen LogP contribution in [0.4, 0.5) is 0 Å². The average molecular weight is 305 g/mol. The van der Waals surface area contributed by atoms with Crippen LogP contribution < -0.4 is 0 Å². The number of rotatable bonds is 3. The van der Waals surface area contributed by atoms with Crippen LogP contribution in [0.5, 0.6) is 0 Å². The Morgan fingerprint density at radius 2 is 1.39 bits per heavy atom. The maximum absolute atomic E-state index is 12.5. The smallest absolute Gasteiger partial charge is 0.336 e. The molecule has 3 rings (SSSR count). The lowest BCUT2D eigenvalue weighted by Crippen LogP contribution is -2.24. The van der Waals surface area contributed by atoms with Crippen molar-refractivity contribution in [2.75, 3.05) is 0 Å². The number of hydrogen-bond donors (Lipinski definition) is 1.